The minimum absolute atomic E-state index is 0.130. The zero-order valence-electron chi connectivity index (χ0n) is 27.1. The van der Waals surface area contributed by atoms with Gasteiger partial charge in [-0.2, -0.15) is 13.2 Å². The maximum Gasteiger partial charge on any atom is 0.418 e. The van der Waals surface area contributed by atoms with Crippen LogP contribution in [0.15, 0.2) is 78.1 Å². The van der Waals surface area contributed by atoms with Crippen LogP contribution in [0.5, 0.6) is 5.75 Å². The maximum absolute atomic E-state index is 13.7. The number of nitrogens with zero attached hydrogens (tertiary/aromatic N) is 4. The zero-order chi connectivity index (χ0) is 34.1. The molecule has 0 amide bonds. The molecule has 0 radical (unpaired) electrons. The summed E-state index contributed by atoms with van der Waals surface area (Å²) in [7, 11) is 0. The third kappa shape index (κ3) is 7.96. The number of hydrogen-bond acceptors (Lipinski definition) is 6. The molecule has 0 aliphatic carbocycles. The molecule has 0 fully saturated rings. The number of hydrogen-bond donors (Lipinski definition) is 1. The molecule has 2 aromatic carbocycles. The van der Waals surface area contributed by atoms with Crippen molar-refractivity contribution >= 4 is 28.6 Å². The molecule has 5 aromatic rings. The second kappa shape index (κ2) is 13.0. The highest BCUT2D eigenvalue weighted by Crippen LogP contribution is 2.44. The number of carboxylic acids is 1. The SMILES string of the molecule is Cc1cnc(COc2ccc3c(c2)c(SC(C)(C)C)c(CC(C)(C)C(=O)O)n3Cc2ccc(-c3ncccc3C(F)(F)F)cc2)cn1. The van der Waals surface area contributed by atoms with Crippen molar-refractivity contribution in [1.82, 2.24) is 19.5 Å². The van der Waals surface area contributed by atoms with Gasteiger partial charge in [-0.3, -0.25) is 19.7 Å². The predicted octanol–water partition coefficient (Wildman–Crippen LogP) is 8.99. The average Bonchev–Trinajstić information content (AvgIpc) is 3.26. The van der Waals surface area contributed by atoms with Gasteiger partial charge >= 0.3 is 12.1 Å². The summed E-state index contributed by atoms with van der Waals surface area (Å²) in [5.74, 6) is -0.276. The Morgan fingerprint density at radius 2 is 1.68 bits per heavy atom. The van der Waals surface area contributed by atoms with Gasteiger partial charge in [-0.25, -0.2) is 0 Å². The first-order chi connectivity index (χ1) is 22.0. The molecule has 0 bridgehead atoms. The third-order valence-corrected chi connectivity index (χ3v) is 8.86. The summed E-state index contributed by atoms with van der Waals surface area (Å²) in [6.45, 7) is 12.2. The van der Waals surface area contributed by atoms with Crippen LogP contribution < -0.4 is 4.74 Å². The fourth-order valence-electron chi connectivity index (χ4n) is 5.18. The van der Waals surface area contributed by atoms with Crippen LogP contribution in [0.1, 0.15) is 62.8 Å². The molecular weight excluding hydrogens is 625 g/mol. The highest BCUT2D eigenvalue weighted by Gasteiger charge is 2.35. The molecule has 0 aliphatic rings. The van der Waals surface area contributed by atoms with E-state index in [-0.39, 0.29) is 23.5 Å². The number of alkyl halides is 3. The molecule has 0 spiro atoms. The Balaban J connectivity index is 1.59. The quantitative estimate of drug-likeness (QED) is 0.149. The molecule has 3 aromatic heterocycles. The van der Waals surface area contributed by atoms with Gasteiger partial charge in [-0.05, 0) is 56.7 Å². The van der Waals surface area contributed by atoms with Crippen molar-refractivity contribution in [3.63, 3.8) is 0 Å². The predicted molar refractivity (Wildman–Crippen MR) is 178 cm³/mol. The standard InChI is InChI=1S/C36H37F3N4O3S/c1-22-18-42-25(19-41-22)21-46-26-13-14-29-27(16-26)32(47-34(2,3)4)30(17-35(5,6)33(44)45)43(29)20-23-9-11-24(12-10-23)31-28(36(37,38)39)8-7-15-40-31/h7-16,18-19H,17,20-21H2,1-6H3,(H,44,45). The van der Waals surface area contributed by atoms with Crippen LogP contribution >= 0.6 is 11.8 Å². The van der Waals surface area contributed by atoms with Gasteiger partial charge in [-0.1, -0.05) is 45.0 Å². The van der Waals surface area contributed by atoms with E-state index in [1.165, 1.54) is 12.3 Å². The summed E-state index contributed by atoms with van der Waals surface area (Å²) in [5.41, 5.74) is 2.47. The molecule has 0 unspecified atom stereocenters. The Kier molecular flexibility index (Phi) is 9.41. The largest absolute Gasteiger partial charge is 0.487 e. The van der Waals surface area contributed by atoms with Crippen LogP contribution in [0.3, 0.4) is 0 Å². The number of thioether (sulfide) groups is 1. The maximum atomic E-state index is 13.7. The first-order valence-corrected chi connectivity index (χ1v) is 15.9. The number of rotatable bonds is 10. The Morgan fingerprint density at radius 1 is 0.957 bits per heavy atom. The second-order valence-corrected chi connectivity index (χ2v) is 15.0. The van der Waals surface area contributed by atoms with E-state index >= 15 is 0 Å². The van der Waals surface area contributed by atoms with Gasteiger partial charge in [0.1, 0.15) is 12.4 Å². The molecule has 11 heteroatoms. The monoisotopic (exact) mass is 662 g/mol. The summed E-state index contributed by atoms with van der Waals surface area (Å²) < 4.78 is 49.1. The van der Waals surface area contributed by atoms with E-state index in [1.54, 1.807) is 62.3 Å². The van der Waals surface area contributed by atoms with Crippen molar-refractivity contribution in [2.24, 2.45) is 5.41 Å². The van der Waals surface area contributed by atoms with E-state index in [4.69, 9.17) is 4.74 Å². The van der Waals surface area contributed by atoms with Crippen molar-refractivity contribution in [3.8, 4) is 17.0 Å². The molecule has 47 heavy (non-hydrogen) atoms. The fraction of sp³-hybridized carbons (Fsp3) is 0.333. The van der Waals surface area contributed by atoms with Crippen molar-refractivity contribution < 1.29 is 27.8 Å². The highest BCUT2D eigenvalue weighted by molar-refractivity contribution is 8.00. The fourth-order valence-corrected chi connectivity index (χ4v) is 6.37. The Bertz CT molecular complexity index is 1890. The molecule has 0 saturated carbocycles. The van der Waals surface area contributed by atoms with Crippen LogP contribution in [0.25, 0.3) is 22.2 Å². The Hall–Kier alpha value is -4.38. The summed E-state index contributed by atoms with van der Waals surface area (Å²) in [5, 5.41) is 11.0. The Labute approximate surface area is 276 Å². The summed E-state index contributed by atoms with van der Waals surface area (Å²) in [4.78, 5) is 26.0. The van der Waals surface area contributed by atoms with Crippen LogP contribution in [0.2, 0.25) is 0 Å². The minimum atomic E-state index is -4.53. The summed E-state index contributed by atoms with van der Waals surface area (Å²) in [6.07, 6.45) is 0.442. The summed E-state index contributed by atoms with van der Waals surface area (Å²) >= 11 is 1.66. The van der Waals surface area contributed by atoms with Gasteiger partial charge in [0.25, 0.3) is 0 Å². The van der Waals surface area contributed by atoms with Gasteiger partial charge in [0.15, 0.2) is 0 Å². The first kappa shape index (κ1) is 34.0. The smallest absolute Gasteiger partial charge is 0.418 e. The van der Waals surface area contributed by atoms with E-state index < -0.39 is 23.1 Å². The molecule has 0 saturated heterocycles. The van der Waals surface area contributed by atoms with Crippen molar-refractivity contribution in [3.05, 3.63) is 101 Å². The van der Waals surface area contributed by atoms with Crippen LogP contribution in [-0.4, -0.2) is 35.3 Å². The molecule has 5 rings (SSSR count). The third-order valence-electron chi connectivity index (χ3n) is 7.59. The van der Waals surface area contributed by atoms with E-state index in [1.807, 2.05) is 25.1 Å². The zero-order valence-corrected chi connectivity index (χ0v) is 28.0. The van der Waals surface area contributed by atoms with E-state index in [0.29, 0.717) is 23.6 Å². The number of ether oxygens (including phenoxy) is 1. The van der Waals surface area contributed by atoms with Gasteiger partial charge in [0.05, 0.1) is 34.3 Å². The van der Waals surface area contributed by atoms with Gasteiger partial charge in [0, 0.05) is 57.2 Å². The lowest BCUT2D eigenvalue weighted by Gasteiger charge is -2.24. The first-order valence-electron chi connectivity index (χ1n) is 15.1. The van der Waals surface area contributed by atoms with Crippen LogP contribution in [0, 0.1) is 12.3 Å². The number of benzene rings is 2. The van der Waals surface area contributed by atoms with E-state index in [0.717, 1.165) is 38.8 Å². The normalized spacial score (nSPS) is 12.4. The number of halogens is 3. The van der Waals surface area contributed by atoms with Crippen LogP contribution in [0.4, 0.5) is 13.2 Å². The molecule has 3 heterocycles. The summed E-state index contributed by atoms with van der Waals surface area (Å²) in [6, 6.07) is 15.0. The lowest BCUT2D eigenvalue weighted by molar-refractivity contribution is -0.147. The number of pyridine rings is 1. The number of aromatic nitrogens is 4. The van der Waals surface area contributed by atoms with E-state index in [2.05, 4.69) is 40.3 Å². The molecule has 1 N–H and O–H groups in total. The minimum Gasteiger partial charge on any atom is -0.487 e. The average molecular weight is 663 g/mol. The number of aliphatic carboxylic acids is 1. The van der Waals surface area contributed by atoms with Gasteiger partial charge in [-0.15, -0.1) is 11.8 Å². The van der Waals surface area contributed by atoms with Gasteiger partial charge in [0.2, 0.25) is 0 Å². The van der Waals surface area contributed by atoms with Crippen molar-refractivity contribution in [2.45, 2.75) is 76.9 Å². The van der Waals surface area contributed by atoms with Gasteiger partial charge < -0.3 is 14.4 Å². The number of fused-ring (bicyclic) bond motifs is 1. The number of carboxylic acid groups (broad SMARTS) is 1. The van der Waals surface area contributed by atoms with Crippen molar-refractivity contribution in [1.29, 1.82) is 0 Å². The second-order valence-electron chi connectivity index (χ2n) is 13.2. The lowest BCUT2D eigenvalue weighted by atomic mass is 9.88. The lowest BCUT2D eigenvalue weighted by Crippen LogP contribution is -2.28. The van der Waals surface area contributed by atoms with Crippen molar-refractivity contribution in [2.75, 3.05) is 0 Å². The molecular formula is C36H37F3N4O3S. The highest BCUT2D eigenvalue weighted by atomic mass is 32.2. The molecule has 0 atom stereocenters. The number of carbonyl (C=O) groups is 1. The molecule has 0 aliphatic heterocycles. The van der Waals surface area contributed by atoms with Crippen LogP contribution in [-0.2, 0) is 30.5 Å². The molecule has 7 nitrogen and oxygen atoms in total. The topological polar surface area (TPSA) is 90.1 Å². The molecule has 246 valence electrons. The van der Waals surface area contributed by atoms with E-state index in [9.17, 15) is 23.1 Å². The Morgan fingerprint density at radius 3 is 2.30 bits per heavy atom. The number of aryl methyl sites for hydroxylation is 1.